The van der Waals surface area contributed by atoms with E-state index in [1.807, 2.05) is 11.8 Å². The number of benzene rings is 1. The molecule has 0 aliphatic heterocycles. The summed E-state index contributed by atoms with van der Waals surface area (Å²) in [5.41, 5.74) is 1.37. The normalized spacial score (nSPS) is 11.1. The van der Waals surface area contributed by atoms with E-state index >= 15 is 0 Å². The van der Waals surface area contributed by atoms with Crippen LogP contribution in [0.15, 0.2) is 29.2 Å². The summed E-state index contributed by atoms with van der Waals surface area (Å²) in [5.74, 6) is 2.11. The Bertz CT molecular complexity index is 290. The first kappa shape index (κ1) is 14.6. The standard InChI is InChI=1S/C15H25NS/c1-4-13(5-2)12-17-15-9-7-14(8-10-15)11-16-6-3/h7-10,13,16H,4-6,11-12H2,1-3H3. The van der Waals surface area contributed by atoms with E-state index in [2.05, 4.69) is 50.4 Å². The second kappa shape index (κ2) is 8.60. The zero-order valence-corrected chi connectivity index (χ0v) is 12.1. The van der Waals surface area contributed by atoms with Gasteiger partial charge in [-0.2, -0.15) is 0 Å². The monoisotopic (exact) mass is 251 g/mol. The number of hydrogen-bond acceptors (Lipinski definition) is 2. The van der Waals surface area contributed by atoms with E-state index in [9.17, 15) is 0 Å². The molecule has 1 nitrogen and oxygen atoms in total. The molecule has 1 aromatic rings. The first-order valence-corrected chi connectivity index (χ1v) is 7.71. The smallest absolute Gasteiger partial charge is 0.0205 e. The Morgan fingerprint density at radius 3 is 2.24 bits per heavy atom. The highest BCUT2D eigenvalue weighted by molar-refractivity contribution is 7.99. The molecule has 0 unspecified atom stereocenters. The second-order valence-electron chi connectivity index (χ2n) is 4.42. The van der Waals surface area contributed by atoms with Crippen molar-refractivity contribution in [2.45, 2.75) is 45.1 Å². The summed E-state index contributed by atoms with van der Waals surface area (Å²) < 4.78 is 0. The van der Waals surface area contributed by atoms with Gasteiger partial charge in [0.05, 0.1) is 0 Å². The molecule has 0 saturated carbocycles. The Morgan fingerprint density at radius 1 is 1.06 bits per heavy atom. The fourth-order valence-corrected chi connectivity index (χ4v) is 2.94. The maximum absolute atomic E-state index is 3.35. The predicted molar refractivity (Wildman–Crippen MR) is 78.6 cm³/mol. The molecule has 0 heterocycles. The van der Waals surface area contributed by atoms with Gasteiger partial charge in [-0.1, -0.05) is 45.7 Å². The summed E-state index contributed by atoms with van der Waals surface area (Å²) in [7, 11) is 0. The summed E-state index contributed by atoms with van der Waals surface area (Å²) >= 11 is 1.99. The van der Waals surface area contributed by atoms with Crippen molar-refractivity contribution >= 4 is 11.8 Å². The molecule has 0 spiro atoms. The molecule has 17 heavy (non-hydrogen) atoms. The molecule has 0 fully saturated rings. The van der Waals surface area contributed by atoms with Gasteiger partial charge in [0.15, 0.2) is 0 Å². The Morgan fingerprint density at radius 2 is 1.71 bits per heavy atom. The molecule has 0 aliphatic rings. The molecule has 0 saturated heterocycles. The highest BCUT2D eigenvalue weighted by atomic mass is 32.2. The lowest BCUT2D eigenvalue weighted by molar-refractivity contribution is 0.554. The number of hydrogen-bond donors (Lipinski definition) is 1. The summed E-state index contributed by atoms with van der Waals surface area (Å²) in [6.07, 6.45) is 2.59. The van der Waals surface area contributed by atoms with Crippen molar-refractivity contribution in [2.75, 3.05) is 12.3 Å². The largest absolute Gasteiger partial charge is 0.313 e. The van der Waals surface area contributed by atoms with Gasteiger partial charge in [-0.05, 0) is 30.2 Å². The third-order valence-electron chi connectivity index (χ3n) is 3.14. The lowest BCUT2D eigenvalue weighted by atomic mass is 10.1. The van der Waals surface area contributed by atoms with Gasteiger partial charge in [-0.3, -0.25) is 0 Å². The zero-order valence-electron chi connectivity index (χ0n) is 11.3. The topological polar surface area (TPSA) is 12.0 Å². The summed E-state index contributed by atoms with van der Waals surface area (Å²) in [4.78, 5) is 1.40. The minimum Gasteiger partial charge on any atom is -0.313 e. The molecule has 2 heteroatoms. The van der Waals surface area contributed by atoms with E-state index in [1.165, 1.54) is 29.1 Å². The SMILES string of the molecule is CCNCc1ccc(SCC(CC)CC)cc1. The maximum atomic E-state index is 3.35. The van der Waals surface area contributed by atoms with Gasteiger partial charge in [0.1, 0.15) is 0 Å². The van der Waals surface area contributed by atoms with Gasteiger partial charge >= 0.3 is 0 Å². The van der Waals surface area contributed by atoms with Crippen LogP contribution in [0.3, 0.4) is 0 Å². The van der Waals surface area contributed by atoms with Gasteiger partial charge in [-0.15, -0.1) is 11.8 Å². The molecular weight excluding hydrogens is 226 g/mol. The van der Waals surface area contributed by atoms with Crippen LogP contribution in [-0.2, 0) is 6.54 Å². The van der Waals surface area contributed by atoms with Crippen LogP contribution in [0.1, 0.15) is 39.2 Å². The molecule has 1 N–H and O–H groups in total. The third kappa shape index (κ3) is 5.60. The first-order valence-electron chi connectivity index (χ1n) is 6.72. The lowest BCUT2D eigenvalue weighted by Gasteiger charge is -2.11. The van der Waals surface area contributed by atoms with Crippen LogP contribution in [0.25, 0.3) is 0 Å². The Hall–Kier alpha value is -0.470. The van der Waals surface area contributed by atoms with Crippen molar-refractivity contribution in [1.29, 1.82) is 0 Å². The number of thioether (sulfide) groups is 1. The van der Waals surface area contributed by atoms with Gasteiger partial charge in [0.2, 0.25) is 0 Å². The van der Waals surface area contributed by atoms with Crippen LogP contribution < -0.4 is 5.32 Å². The lowest BCUT2D eigenvalue weighted by Crippen LogP contribution is -2.11. The van der Waals surface area contributed by atoms with E-state index < -0.39 is 0 Å². The van der Waals surface area contributed by atoms with E-state index in [0.717, 1.165) is 19.0 Å². The minimum absolute atomic E-state index is 0.862. The van der Waals surface area contributed by atoms with Crippen LogP contribution in [0.2, 0.25) is 0 Å². The van der Waals surface area contributed by atoms with Gasteiger partial charge in [-0.25, -0.2) is 0 Å². The molecule has 96 valence electrons. The van der Waals surface area contributed by atoms with Crippen molar-refractivity contribution in [3.8, 4) is 0 Å². The quantitative estimate of drug-likeness (QED) is 0.690. The maximum Gasteiger partial charge on any atom is 0.0205 e. The minimum atomic E-state index is 0.862. The predicted octanol–water partition coefficient (Wildman–Crippen LogP) is 4.32. The summed E-state index contributed by atoms with van der Waals surface area (Å²) in [5, 5.41) is 3.35. The van der Waals surface area contributed by atoms with Crippen molar-refractivity contribution < 1.29 is 0 Å². The summed E-state index contributed by atoms with van der Waals surface area (Å²) in [6, 6.07) is 8.97. The summed E-state index contributed by atoms with van der Waals surface area (Å²) in [6.45, 7) is 8.72. The van der Waals surface area contributed by atoms with Gasteiger partial charge < -0.3 is 5.32 Å². The van der Waals surface area contributed by atoms with Crippen LogP contribution in [0.4, 0.5) is 0 Å². The first-order chi connectivity index (χ1) is 8.30. The molecule has 0 aromatic heterocycles. The molecule has 1 aromatic carbocycles. The van der Waals surface area contributed by atoms with Gasteiger partial charge in [0.25, 0.3) is 0 Å². The molecule has 0 amide bonds. The number of rotatable bonds is 8. The molecule has 0 aliphatic carbocycles. The van der Waals surface area contributed by atoms with Crippen LogP contribution in [0, 0.1) is 5.92 Å². The average molecular weight is 251 g/mol. The van der Waals surface area contributed by atoms with Crippen molar-refractivity contribution in [1.82, 2.24) is 5.32 Å². The van der Waals surface area contributed by atoms with Crippen molar-refractivity contribution in [3.05, 3.63) is 29.8 Å². The van der Waals surface area contributed by atoms with E-state index in [0.29, 0.717) is 0 Å². The Balaban J connectivity index is 2.39. The van der Waals surface area contributed by atoms with Crippen molar-refractivity contribution in [3.63, 3.8) is 0 Å². The van der Waals surface area contributed by atoms with E-state index in [1.54, 1.807) is 0 Å². The number of nitrogens with one attached hydrogen (secondary N) is 1. The van der Waals surface area contributed by atoms with Crippen LogP contribution in [0.5, 0.6) is 0 Å². The second-order valence-corrected chi connectivity index (χ2v) is 5.51. The molecule has 0 radical (unpaired) electrons. The molecule has 0 bridgehead atoms. The van der Waals surface area contributed by atoms with E-state index in [-0.39, 0.29) is 0 Å². The van der Waals surface area contributed by atoms with Crippen molar-refractivity contribution in [2.24, 2.45) is 5.92 Å². The Kier molecular flexibility index (Phi) is 7.38. The fourth-order valence-electron chi connectivity index (χ4n) is 1.71. The van der Waals surface area contributed by atoms with Crippen LogP contribution in [-0.4, -0.2) is 12.3 Å². The fraction of sp³-hybridized carbons (Fsp3) is 0.600. The molecule has 0 atom stereocenters. The third-order valence-corrected chi connectivity index (χ3v) is 4.39. The average Bonchev–Trinajstić information content (AvgIpc) is 2.39. The highest BCUT2D eigenvalue weighted by Crippen LogP contribution is 2.23. The Labute approximate surface area is 110 Å². The molecule has 1 rings (SSSR count). The zero-order chi connectivity index (χ0) is 12.5. The highest BCUT2D eigenvalue weighted by Gasteiger charge is 2.04. The molecular formula is C15H25NS. The van der Waals surface area contributed by atoms with Gasteiger partial charge in [0, 0.05) is 17.2 Å². The van der Waals surface area contributed by atoms with Crippen LogP contribution >= 0.6 is 11.8 Å². The van der Waals surface area contributed by atoms with E-state index in [4.69, 9.17) is 0 Å².